The lowest BCUT2D eigenvalue weighted by molar-refractivity contribution is -0.137. The Bertz CT molecular complexity index is 1340. The number of alkyl halides is 5. The van der Waals surface area contributed by atoms with Crippen LogP contribution in [0.2, 0.25) is 12.6 Å². The molecule has 0 amide bonds. The maximum Gasteiger partial charge on any atom is 0.417 e. The summed E-state index contributed by atoms with van der Waals surface area (Å²) in [5.41, 5.74) is -1.60. The predicted molar refractivity (Wildman–Crippen MR) is 151 cm³/mol. The molecule has 2 aromatic carbocycles. The van der Waals surface area contributed by atoms with E-state index in [2.05, 4.69) is 0 Å². The molecule has 1 aromatic heterocycles. The van der Waals surface area contributed by atoms with Gasteiger partial charge in [0.15, 0.2) is 0 Å². The van der Waals surface area contributed by atoms with Crippen molar-refractivity contribution in [1.29, 1.82) is 0 Å². The predicted octanol–water partition coefficient (Wildman–Crippen LogP) is 8.41. The first-order valence-electron chi connectivity index (χ1n) is 13.7. The summed E-state index contributed by atoms with van der Waals surface area (Å²) in [5, 5.41) is 0.391. The second-order valence-electron chi connectivity index (χ2n) is 10.2. The van der Waals surface area contributed by atoms with Gasteiger partial charge in [-0.25, -0.2) is 13.6 Å². The molecule has 41 heavy (non-hydrogen) atoms. The minimum absolute atomic E-state index is 0.0350. The number of unbranched alkanes of at least 4 members (excludes halogenated alkanes) is 2. The lowest BCUT2D eigenvalue weighted by Crippen LogP contribution is -2.37. The molecule has 2 atom stereocenters. The minimum atomic E-state index is -4.66. The Balaban J connectivity index is 1.72. The Kier molecular flexibility index (Phi) is 11.5. The standard InChI is InChI=1S/C30H37F5O5Si/c1-5-6-7-8-20-9-12-23(25(17-20)30(33,34)35)24-18-21-10-11-22(19-28(21)40-29(24)36)39-15-13-26(31)27(32)14-16-41(4,37-2)38-3/h9-12,17-19,26-27H,5-8,13-16H2,1-4H3. The van der Waals surface area contributed by atoms with E-state index in [-0.39, 0.29) is 41.9 Å². The van der Waals surface area contributed by atoms with Crippen LogP contribution >= 0.6 is 0 Å². The van der Waals surface area contributed by atoms with Crippen LogP contribution in [-0.4, -0.2) is 41.7 Å². The normalized spacial score (nSPS) is 13.9. The number of rotatable bonds is 15. The molecule has 2 unspecified atom stereocenters. The third-order valence-corrected chi connectivity index (χ3v) is 10.2. The van der Waals surface area contributed by atoms with Gasteiger partial charge in [0.2, 0.25) is 0 Å². The summed E-state index contributed by atoms with van der Waals surface area (Å²) < 4.78 is 92.0. The van der Waals surface area contributed by atoms with Gasteiger partial charge in [0.1, 0.15) is 23.7 Å². The Hall–Kier alpha value is -2.76. The first-order valence-corrected chi connectivity index (χ1v) is 16.2. The molecule has 0 fully saturated rings. The zero-order chi connectivity index (χ0) is 30.2. The molecule has 0 saturated carbocycles. The molecule has 11 heteroatoms. The molecule has 1 heterocycles. The maximum absolute atomic E-state index is 14.4. The number of aryl methyl sites for hydroxylation is 1. The van der Waals surface area contributed by atoms with E-state index in [0.29, 0.717) is 23.4 Å². The fraction of sp³-hybridized carbons (Fsp3) is 0.500. The van der Waals surface area contributed by atoms with Crippen LogP contribution in [0.25, 0.3) is 22.1 Å². The molecular formula is C30H37F5O5Si. The van der Waals surface area contributed by atoms with Gasteiger partial charge in [0, 0.05) is 37.7 Å². The maximum atomic E-state index is 14.4. The van der Waals surface area contributed by atoms with Crippen LogP contribution in [0.15, 0.2) is 51.7 Å². The van der Waals surface area contributed by atoms with Crippen molar-refractivity contribution in [2.75, 3.05) is 20.8 Å². The lowest BCUT2D eigenvalue weighted by Gasteiger charge is -2.24. The Morgan fingerprint density at radius 3 is 2.29 bits per heavy atom. The van der Waals surface area contributed by atoms with Crippen LogP contribution in [0.4, 0.5) is 22.0 Å². The Labute approximate surface area is 237 Å². The molecule has 0 aliphatic heterocycles. The molecule has 5 nitrogen and oxygen atoms in total. The van der Waals surface area contributed by atoms with E-state index in [4.69, 9.17) is 18.0 Å². The molecule has 226 valence electrons. The first kappa shape index (κ1) is 32.7. The summed E-state index contributed by atoms with van der Waals surface area (Å²) in [5.74, 6) is 0.252. The Morgan fingerprint density at radius 2 is 1.63 bits per heavy atom. The van der Waals surface area contributed by atoms with Crippen LogP contribution in [0.1, 0.15) is 50.2 Å². The molecule has 0 saturated heterocycles. The van der Waals surface area contributed by atoms with Crippen molar-refractivity contribution >= 4 is 19.5 Å². The number of halogens is 5. The Morgan fingerprint density at radius 1 is 0.927 bits per heavy atom. The van der Waals surface area contributed by atoms with Crippen molar-refractivity contribution in [1.82, 2.24) is 0 Å². The number of hydrogen-bond donors (Lipinski definition) is 0. The van der Waals surface area contributed by atoms with E-state index in [1.54, 1.807) is 12.6 Å². The topological polar surface area (TPSA) is 57.9 Å². The van der Waals surface area contributed by atoms with Crippen LogP contribution in [0.3, 0.4) is 0 Å². The fourth-order valence-corrected chi connectivity index (χ4v) is 5.88. The fourth-order valence-electron chi connectivity index (χ4n) is 4.50. The summed E-state index contributed by atoms with van der Waals surface area (Å²) in [7, 11) is 0.479. The molecule has 3 aromatic rings. The van der Waals surface area contributed by atoms with E-state index in [1.807, 2.05) is 6.92 Å². The van der Waals surface area contributed by atoms with E-state index in [9.17, 15) is 26.7 Å². The van der Waals surface area contributed by atoms with Gasteiger partial charge in [-0.15, -0.1) is 0 Å². The van der Waals surface area contributed by atoms with Gasteiger partial charge >= 0.3 is 20.4 Å². The molecular weight excluding hydrogens is 563 g/mol. The zero-order valence-electron chi connectivity index (χ0n) is 23.8. The zero-order valence-corrected chi connectivity index (χ0v) is 24.8. The van der Waals surface area contributed by atoms with Crippen molar-refractivity contribution in [2.24, 2.45) is 0 Å². The monoisotopic (exact) mass is 600 g/mol. The van der Waals surface area contributed by atoms with E-state index >= 15 is 0 Å². The molecule has 0 aliphatic carbocycles. The van der Waals surface area contributed by atoms with E-state index in [1.165, 1.54) is 44.6 Å². The molecule has 0 bridgehead atoms. The highest BCUT2D eigenvalue weighted by molar-refractivity contribution is 6.65. The number of hydrogen-bond acceptors (Lipinski definition) is 5. The highest BCUT2D eigenvalue weighted by atomic mass is 28.4. The third kappa shape index (κ3) is 8.86. The van der Waals surface area contributed by atoms with E-state index in [0.717, 1.165) is 25.3 Å². The van der Waals surface area contributed by atoms with Gasteiger partial charge in [-0.2, -0.15) is 13.2 Å². The van der Waals surface area contributed by atoms with Crippen molar-refractivity contribution in [3.63, 3.8) is 0 Å². The SMILES string of the molecule is CCCCCc1ccc(-c2cc3ccc(OCCC(F)C(F)CC[Si](C)(OC)OC)cc3oc2=O)c(C(F)(F)F)c1. The highest BCUT2D eigenvalue weighted by Crippen LogP contribution is 2.38. The average molecular weight is 601 g/mol. The number of fused-ring (bicyclic) bond motifs is 1. The number of benzene rings is 2. The smallest absolute Gasteiger partial charge is 0.417 e. The van der Waals surface area contributed by atoms with Crippen LogP contribution in [0, 0.1) is 0 Å². The molecule has 0 aliphatic rings. The largest absolute Gasteiger partial charge is 0.493 e. The summed E-state index contributed by atoms with van der Waals surface area (Å²) >= 11 is 0. The van der Waals surface area contributed by atoms with Crippen LogP contribution in [-0.2, 0) is 21.4 Å². The molecule has 0 radical (unpaired) electrons. The lowest BCUT2D eigenvalue weighted by atomic mass is 9.95. The van der Waals surface area contributed by atoms with Gasteiger partial charge in [-0.05, 0) is 61.7 Å². The second kappa shape index (κ2) is 14.4. The quantitative estimate of drug-likeness (QED) is 0.0759. The summed E-state index contributed by atoms with van der Waals surface area (Å²) in [6.45, 7) is 3.67. The summed E-state index contributed by atoms with van der Waals surface area (Å²) in [6, 6.07) is 10.2. The van der Waals surface area contributed by atoms with Crippen molar-refractivity contribution < 1.29 is 40.0 Å². The number of ether oxygens (including phenoxy) is 1. The van der Waals surface area contributed by atoms with E-state index < -0.39 is 38.3 Å². The highest BCUT2D eigenvalue weighted by Gasteiger charge is 2.35. The van der Waals surface area contributed by atoms with Crippen molar-refractivity contribution in [3.8, 4) is 16.9 Å². The average Bonchev–Trinajstić information content (AvgIpc) is 2.95. The molecule has 0 N–H and O–H groups in total. The second-order valence-corrected chi connectivity index (χ2v) is 13.8. The third-order valence-electron chi connectivity index (χ3n) is 7.25. The summed E-state index contributed by atoms with van der Waals surface area (Å²) in [4.78, 5) is 12.8. The van der Waals surface area contributed by atoms with Gasteiger partial charge in [-0.1, -0.05) is 31.9 Å². The minimum Gasteiger partial charge on any atom is -0.493 e. The first-order chi connectivity index (χ1) is 19.4. The van der Waals surface area contributed by atoms with Gasteiger partial charge in [0.25, 0.3) is 0 Å². The summed E-state index contributed by atoms with van der Waals surface area (Å²) in [6.07, 6.45) is -5.17. The van der Waals surface area contributed by atoms with Gasteiger partial charge in [0.05, 0.1) is 17.7 Å². The van der Waals surface area contributed by atoms with Crippen LogP contribution < -0.4 is 10.4 Å². The molecule has 0 spiro atoms. The van der Waals surface area contributed by atoms with Crippen molar-refractivity contribution in [3.05, 3.63) is 64.0 Å². The molecule has 3 rings (SSSR count). The van der Waals surface area contributed by atoms with Gasteiger partial charge < -0.3 is 18.0 Å². The van der Waals surface area contributed by atoms with Gasteiger partial charge in [-0.3, -0.25) is 0 Å². The van der Waals surface area contributed by atoms with Crippen LogP contribution in [0.5, 0.6) is 5.75 Å². The van der Waals surface area contributed by atoms with Crippen molar-refractivity contribution in [2.45, 2.75) is 76.6 Å².